The van der Waals surface area contributed by atoms with Crippen LogP contribution < -0.4 is 9.47 Å². The highest BCUT2D eigenvalue weighted by Crippen LogP contribution is 2.28. The van der Waals surface area contributed by atoms with Crippen molar-refractivity contribution in [2.75, 3.05) is 14.2 Å². The van der Waals surface area contributed by atoms with Gasteiger partial charge in [-0.15, -0.1) is 0 Å². The number of halogens is 1. The first kappa shape index (κ1) is 8.84. The molecule has 0 unspecified atom stereocenters. The molecule has 0 heterocycles. The van der Waals surface area contributed by atoms with Gasteiger partial charge >= 0.3 is 0 Å². The number of hydrogen-bond acceptors (Lipinski definition) is 2. The fourth-order valence-corrected chi connectivity index (χ4v) is 1.05. The van der Waals surface area contributed by atoms with Crippen molar-refractivity contribution in [1.82, 2.24) is 0 Å². The molecule has 0 saturated carbocycles. The smallest absolute Gasteiger partial charge is 0.130 e. The molecule has 12 heavy (non-hydrogen) atoms. The van der Waals surface area contributed by atoms with Crippen molar-refractivity contribution in [3.05, 3.63) is 23.5 Å². The standard InChI is InChI=1S/C9H11FO2/c1-6-8(11-2)4-7(10)5-9(6)12-3/h4-5H,1-3H3. The van der Waals surface area contributed by atoms with Gasteiger partial charge < -0.3 is 9.47 Å². The highest BCUT2D eigenvalue weighted by molar-refractivity contribution is 5.44. The summed E-state index contributed by atoms with van der Waals surface area (Å²) in [6, 6.07) is 2.66. The Kier molecular flexibility index (Phi) is 2.53. The fourth-order valence-electron chi connectivity index (χ4n) is 1.05. The van der Waals surface area contributed by atoms with E-state index in [4.69, 9.17) is 9.47 Å². The molecule has 0 saturated heterocycles. The van der Waals surface area contributed by atoms with Gasteiger partial charge in [0, 0.05) is 17.7 Å². The second kappa shape index (κ2) is 3.43. The summed E-state index contributed by atoms with van der Waals surface area (Å²) in [6.45, 7) is 1.82. The molecular weight excluding hydrogens is 159 g/mol. The normalized spacial score (nSPS) is 9.67. The minimum atomic E-state index is -0.352. The molecule has 0 bridgehead atoms. The lowest BCUT2D eigenvalue weighted by molar-refractivity contribution is 0.383. The Morgan fingerprint density at radius 3 is 1.83 bits per heavy atom. The van der Waals surface area contributed by atoms with Crippen LogP contribution in [0.4, 0.5) is 4.39 Å². The molecular formula is C9H11FO2. The molecule has 0 spiro atoms. The van der Waals surface area contributed by atoms with Gasteiger partial charge in [-0.3, -0.25) is 0 Å². The number of methoxy groups -OCH3 is 2. The van der Waals surface area contributed by atoms with Gasteiger partial charge in [-0.25, -0.2) is 4.39 Å². The Bertz CT molecular complexity index is 259. The van der Waals surface area contributed by atoms with E-state index in [0.717, 1.165) is 5.56 Å². The van der Waals surface area contributed by atoms with Crippen LogP contribution >= 0.6 is 0 Å². The summed E-state index contributed by atoms with van der Waals surface area (Å²) in [5.41, 5.74) is 0.807. The Morgan fingerprint density at radius 2 is 1.50 bits per heavy atom. The lowest BCUT2D eigenvalue weighted by atomic mass is 10.2. The monoisotopic (exact) mass is 170 g/mol. The molecule has 0 aliphatic heterocycles. The van der Waals surface area contributed by atoms with Crippen LogP contribution in [0.2, 0.25) is 0 Å². The molecule has 3 heteroatoms. The average molecular weight is 170 g/mol. The van der Waals surface area contributed by atoms with Crippen LogP contribution in [0.15, 0.2) is 12.1 Å². The maximum absolute atomic E-state index is 12.8. The number of ether oxygens (including phenoxy) is 2. The van der Waals surface area contributed by atoms with E-state index in [1.165, 1.54) is 26.4 Å². The van der Waals surface area contributed by atoms with Crippen LogP contribution in [0, 0.1) is 12.7 Å². The number of benzene rings is 1. The third-order valence-electron chi connectivity index (χ3n) is 1.72. The first-order chi connectivity index (χ1) is 5.69. The summed E-state index contributed by atoms with van der Waals surface area (Å²) in [6.07, 6.45) is 0. The van der Waals surface area contributed by atoms with Gasteiger partial charge in [0.05, 0.1) is 14.2 Å². The minimum Gasteiger partial charge on any atom is -0.496 e. The van der Waals surface area contributed by atoms with E-state index in [9.17, 15) is 4.39 Å². The molecule has 0 amide bonds. The zero-order valence-corrected chi connectivity index (χ0v) is 7.35. The summed E-state index contributed by atoms with van der Waals surface area (Å²) >= 11 is 0. The van der Waals surface area contributed by atoms with E-state index in [-0.39, 0.29) is 5.82 Å². The maximum Gasteiger partial charge on any atom is 0.130 e. The van der Waals surface area contributed by atoms with Gasteiger partial charge in [0.15, 0.2) is 0 Å². The molecule has 0 fully saturated rings. The first-order valence-electron chi connectivity index (χ1n) is 3.57. The summed E-state index contributed by atoms with van der Waals surface area (Å²) in [5, 5.41) is 0. The van der Waals surface area contributed by atoms with Crippen LogP contribution in [0.1, 0.15) is 5.56 Å². The Morgan fingerprint density at radius 1 is 1.08 bits per heavy atom. The van der Waals surface area contributed by atoms with E-state index in [2.05, 4.69) is 0 Å². The third kappa shape index (κ3) is 1.49. The number of hydrogen-bond donors (Lipinski definition) is 0. The predicted octanol–water partition coefficient (Wildman–Crippen LogP) is 2.15. The van der Waals surface area contributed by atoms with Gasteiger partial charge in [-0.1, -0.05) is 0 Å². The Balaban J connectivity index is 3.22. The number of rotatable bonds is 2. The van der Waals surface area contributed by atoms with Crippen molar-refractivity contribution in [2.45, 2.75) is 6.92 Å². The minimum absolute atomic E-state index is 0.352. The second-order valence-electron chi connectivity index (χ2n) is 2.44. The van der Waals surface area contributed by atoms with Gasteiger partial charge in [0.25, 0.3) is 0 Å². The van der Waals surface area contributed by atoms with Gasteiger partial charge in [-0.05, 0) is 6.92 Å². The largest absolute Gasteiger partial charge is 0.496 e. The van der Waals surface area contributed by atoms with Gasteiger partial charge in [0.1, 0.15) is 17.3 Å². The third-order valence-corrected chi connectivity index (χ3v) is 1.72. The highest BCUT2D eigenvalue weighted by Gasteiger charge is 2.07. The lowest BCUT2D eigenvalue weighted by Gasteiger charge is -2.08. The quantitative estimate of drug-likeness (QED) is 0.677. The summed E-state index contributed by atoms with van der Waals surface area (Å²) in [7, 11) is 3.00. The zero-order valence-electron chi connectivity index (χ0n) is 7.35. The van der Waals surface area contributed by atoms with E-state index < -0.39 is 0 Å². The van der Waals surface area contributed by atoms with Crippen LogP contribution in [0.25, 0.3) is 0 Å². The van der Waals surface area contributed by atoms with Crippen molar-refractivity contribution >= 4 is 0 Å². The molecule has 0 aromatic heterocycles. The molecule has 0 atom stereocenters. The van der Waals surface area contributed by atoms with Crippen molar-refractivity contribution in [3.8, 4) is 11.5 Å². The zero-order chi connectivity index (χ0) is 9.14. The molecule has 0 aliphatic rings. The molecule has 2 nitrogen and oxygen atoms in total. The van der Waals surface area contributed by atoms with Crippen LogP contribution in [0.5, 0.6) is 11.5 Å². The lowest BCUT2D eigenvalue weighted by Crippen LogP contribution is -1.93. The average Bonchev–Trinajstić information content (AvgIpc) is 2.08. The SMILES string of the molecule is COc1cc(F)cc(OC)c1C. The Labute approximate surface area is 70.9 Å². The summed E-state index contributed by atoms with van der Waals surface area (Å²) < 4.78 is 22.7. The van der Waals surface area contributed by atoms with Gasteiger partial charge in [0.2, 0.25) is 0 Å². The maximum atomic E-state index is 12.8. The molecule has 1 aromatic carbocycles. The first-order valence-corrected chi connectivity index (χ1v) is 3.57. The highest BCUT2D eigenvalue weighted by atomic mass is 19.1. The molecule has 1 rings (SSSR count). The van der Waals surface area contributed by atoms with Crippen LogP contribution in [-0.2, 0) is 0 Å². The fraction of sp³-hybridized carbons (Fsp3) is 0.333. The molecule has 1 aromatic rings. The molecule has 66 valence electrons. The van der Waals surface area contributed by atoms with Crippen LogP contribution in [0.3, 0.4) is 0 Å². The predicted molar refractivity (Wildman–Crippen MR) is 44.2 cm³/mol. The summed E-state index contributed by atoms with van der Waals surface area (Å²) in [4.78, 5) is 0. The second-order valence-corrected chi connectivity index (χ2v) is 2.44. The van der Waals surface area contributed by atoms with Crippen LogP contribution in [-0.4, -0.2) is 14.2 Å². The molecule has 0 aliphatic carbocycles. The molecule has 0 N–H and O–H groups in total. The van der Waals surface area contributed by atoms with Gasteiger partial charge in [-0.2, -0.15) is 0 Å². The van der Waals surface area contributed by atoms with Crippen molar-refractivity contribution in [3.63, 3.8) is 0 Å². The van der Waals surface area contributed by atoms with E-state index in [1.807, 2.05) is 6.92 Å². The topological polar surface area (TPSA) is 18.5 Å². The van der Waals surface area contributed by atoms with Crippen molar-refractivity contribution in [1.29, 1.82) is 0 Å². The summed E-state index contributed by atoms with van der Waals surface area (Å²) in [5.74, 6) is 0.660. The van der Waals surface area contributed by atoms with Crippen molar-refractivity contribution in [2.24, 2.45) is 0 Å². The van der Waals surface area contributed by atoms with E-state index >= 15 is 0 Å². The Hall–Kier alpha value is -1.25. The molecule has 0 radical (unpaired) electrons. The van der Waals surface area contributed by atoms with E-state index in [1.54, 1.807) is 0 Å². The van der Waals surface area contributed by atoms with Crippen molar-refractivity contribution < 1.29 is 13.9 Å². The van der Waals surface area contributed by atoms with E-state index in [0.29, 0.717) is 11.5 Å².